The number of carbonyl (C=O) groups excluding carboxylic acids is 1. The molecule has 0 aromatic rings. The van der Waals surface area contributed by atoms with Crippen LogP contribution in [0.3, 0.4) is 0 Å². The summed E-state index contributed by atoms with van der Waals surface area (Å²) in [5.41, 5.74) is 2.15. The van der Waals surface area contributed by atoms with Crippen LogP contribution in [0.5, 0.6) is 0 Å². The second-order valence-electron chi connectivity index (χ2n) is 11.0. The molecular weight excluding hydrogens is 472 g/mol. The minimum atomic E-state index is -1.12. The smallest absolute Gasteiger partial charge is 0.330 e. The summed E-state index contributed by atoms with van der Waals surface area (Å²) in [6.45, 7) is 8.95. The molecule has 4 heterocycles. The van der Waals surface area contributed by atoms with Gasteiger partial charge >= 0.3 is 5.97 Å². The van der Waals surface area contributed by atoms with E-state index >= 15 is 0 Å². The zero-order valence-electron chi connectivity index (χ0n) is 22.0. The summed E-state index contributed by atoms with van der Waals surface area (Å²) in [5, 5.41) is 21.7. The minimum absolute atomic E-state index is 0.0723. The maximum Gasteiger partial charge on any atom is 0.330 e. The number of hydrogen-bond donors (Lipinski definition) is 2. The Labute approximate surface area is 220 Å². The molecule has 0 aliphatic carbocycles. The molecule has 0 amide bonds. The molecule has 0 saturated carbocycles. The summed E-state index contributed by atoms with van der Waals surface area (Å²) < 4.78 is 23.9. The first-order valence-corrected chi connectivity index (χ1v) is 13.6. The van der Waals surface area contributed by atoms with E-state index in [1.165, 1.54) is 11.6 Å². The molecule has 0 spiro atoms. The minimum Gasteiger partial charge on any atom is -0.456 e. The Morgan fingerprint density at radius 1 is 1.03 bits per heavy atom. The van der Waals surface area contributed by atoms with Gasteiger partial charge in [0.15, 0.2) is 0 Å². The van der Waals surface area contributed by atoms with Gasteiger partial charge in [0.25, 0.3) is 0 Å². The Morgan fingerprint density at radius 3 is 2.68 bits per heavy atom. The topological polar surface area (TPSA) is 94.5 Å². The molecule has 4 rings (SSSR count). The number of fused-ring (bicyclic) bond motifs is 4. The standard InChI is InChI=1S/C30H42O7/c1-19-12-13-34-23(15-19)10-11-26-27-18-28(36-26)30(33)25(31)17-21(3)14-20(2)16-24-8-4-6-22(35-24)7-5-9-29(32)37-27/h4-6,9-12,20,22-28,30-31,33H,3,7-8,13-18H2,1-2H3/b9-5+,11-10-/t20-,22+,23+,24-,25-,26+,27+,28-,30+/m1/s1. The SMILES string of the molecule is C=C1C[C@@H](C)C[C@H]2CC=C[C@@H](C/C=C/C(=O)O[C@H]3C[C@@H](O[C@H]3/C=C\[C@H]3CC(C)=CCO3)[C@@H](O)[C@H](O)C1)O2. The maximum absolute atomic E-state index is 12.7. The molecule has 4 aliphatic heterocycles. The van der Waals surface area contributed by atoms with Gasteiger partial charge in [0.05, 0.1) is 37.1 Å². The summed E-state index contributed by atoms with van der Waals surface area (Å²) in [7, 11) is 0. The van der Waals surface area contributed by atoms with E-state index in [1.807, 2.05) is 18.2 Å². The lowest BCUT2D eigenvalue weighted by Gasteiger charge is -2.28. The predicted molar refractivity (Wildman–Crippen MR) is 141 cm³/mol. The summed E-state index contributed by atoms with van der Waals surface area (Å²) in [4.78, 5) is 12.7. The molecule has 1 fully saturated rings. The Hall–Kier alpha value is -2.03. The molecule has 1 saturated heterocycles. The lowest BCUT2D eigenvalue weighted by atomic mass is 9.90. The highest BCUT2D eigenvalue weighted by atomic mass is 16.6. The number of rotatable bonds is 2. The van der Waals surface area contributed by atoms with Crippen LogP contribution in [0.15, 0.2) is 60.3 Å². The van der Waals surface area contributed by atoms with Crippen molar-refractivity contribution >= 4 is 5.97 Å². The monoisotopic (exact) mass is 514 g/mol. The third-order valence-electron chi connectivity index (χ3n) is 7.53. The average molecular weight is 515 g/mol. The molecule has 0 aromatic heterocycles. The Kier molecular flexibility index (Phi) is 9.96. The number of carbonyl (C=O) groups is 1. The lowest BCUT2D eigenvalue weighted by molar-refractivity contribution is -0.144. The van der Waals surface area contributed by atoms with E-state index in [2.05, 4.69) is 32.6 Å². The first-order valence-electron chi connectivity index (χ1n) is 13.6. The van der Waals surface area contributed by atoms with Crippen LogP contribution in [0.25, 0.3) is 0 Å². The highest BCUT2D eigenvalue weighted by Crippen LogP contribution is 2.31. The zero-order chi connectivity index (χ0) is 26.4. The van der Waals surface area contributed by atoms with Crippen molar-refractivity contribution in [1.82, 2.24) is 0 Å². The van der Waals surface area contributed by atoms with Crippen molar-refractivity contribution < 1.29 is 34.0 Å². The van der Waals surface area contributed by atoms with Crippen LogP contribution in [-0.4, -0.2) is 71.6 Å². The molecule has 0 aromatic carbocycles. The van der Waals surface area contributed by atoms with Crippen molar-refractivity contribution in [1.29, 1.82) is 0 Å². The molecule has 204 valence electrons. The first kappa shape index (κ1) is 28.0. The molecule has 4 aliphatic rings. The highest BCUT2D eigenvalue weighted by molar-refractivity contribution is 5.82. The lowest BCUT2D eigenvalue weighted by Crippen LogP contribution is -2.37. The van der Waals surface area contributed by atoms with Gasteiger partial charge in [-0.15, -0.1) is 0 Å². The summed E-state index contributed by atoms with van der Waals surface area (Å²) in [6, 6.07) is 0. The van der Waals surface area contributed by atoms with Crippen molar-refractivity contribution in [3.05, 3.63) is 60.3 Å². The summed E-state index contributed by atoms with van der Waals surface area (Å²) in [6.07, 6.45) is 13.7. The van der Waals surface area contributed by atoms with Crippen LogP contribution < -0.4 is 0 Å². The third kappa shape index (κ3) is 8.23. The zero-order valence-corrected chi connectivity index (χ0v) is 22.0. The van der Waals surface area contributed by atoms with Crippen molar-refractivity contribution in [2.45, 2.75) is 108 Å². The van der Waals surface area contributed by atoms with E-state index < -0.39 is 36.5 Å². The molecule has 0 unspecified atom stereocenters. The fourth-order valence-electron chi connectivity index (χ4n) is 5.62. The number of ether oxygens (including phenoxy) is 4. The molecule has 37 heavy (non-hydrogen) atoms. The molecule has 7 nitrogen and oxygen atoms in total. The summed E-state index contributed by atoms with van der Waals surface area (Å²) >= 11 is 0. The Bertz CT molecular complexity index is 919. The first-order chi connectivity index (χ1) is 17.8. The second-order valence-corrected chi connectivity index (χ2v) is 11.0. The second kappa shape index (κ2) is 13.2. The van der Waals surface area contributed by atoms with Gasteiger partial charge in [-0.05, 0) is 51.4 Å². The van der Waals surface area contributed by atoms with E-state index in [0.717, 1.165) is 31.3 Å². The van der Waals surface area contributed by atoms with Gasteiger partial charge in [0.2, 0.25) is 0 Å². The van der Waals surface area contributed by atoms with Gasteiger partial charge < -0.3 is 29.2 Å². The summed E-state index contributed by atoms with van der Waals surface area (Å²) in [5.74, 6) is -0.129. The maximum atomic E-state index is 12.7. The van der Waals surface area contributed by atoms with E-state index in [1.54, 1.807) is 6.08 Å². The van der Waals surface area contributed by atoms with Crippen LogP contribution in [0.1, 0.15) is 58.8 Å². The number of hydrogen-bond acceptors (Lipinski definition) is 7. The van der Waals surface area contributed by atoms with Crippen LogP contribution in [0.2, 0.25) is 0 Å². The number of esters is 1. The van der Waals surface area contributed by atoms with Gasteiger partial charge in [0, 0.05) is 12.5 Å². The van der Waals surface area contributed by atoms with E-state index in [-0.39, 0.29) is 31.2 Å². The number of aliphatic hydroxyl groups excluding tert-OH is 2. The third-order valence-corrected chi connectivity index (χ3v) is 7.53. The van der Waals surface area contributed by atoms with Gasteiger partial charge in [-0.25, -0.2) is 4.79 Å². The van der Waals surface area contributed by atoms with Crippen LogP contribution in [-0.2, 0) is 23.7 Å². The van der Waals surface area contributed by atoms with Crippen LogP contribution in [0, 0.1) is 5.92 Å². The average Bonchev–Trinajstić information content (AvgIpc) is 3.24. The van der Waals surface area contributed by atoms with Gasteiger partial charge in [-0.2, -0.15) is 0 Å². The van der Waals surface area contributed by atoms with Crippen molar-refractivity contribution in [2.24, 2.45) is 5.92 Å². The van der Waals surface area contributed by atoms with E-state index in [0.29, 0.717) is 18.9 Å². The van der Waals surface area contributed by atoms with Gasteiger partial charge in [-0.1, -0.05) is 61.1 Å². The normalized spacial score (nSPS) is 41.1. The van der Waals surface area contributed by atoms with Crippen molar-refractivity contribution in [3.63, 3.8) is 0 Å². The highest BCUT2D eigenvalue weighted by Gasteiger charge is 2.42. The molecular formula is C30H42O7. The molecule has 2 N–H and O–H groups in total. The fourth-order valence-corrected chi connectivity index (χ4v) is 5.62. The van der Waals surface area contributed by atoms with E-state index in [9.17, 15) is 15.0 Å². The fraction of sp³-hybridized carbons (Fsp3) is 0.633. The molecule has 9 atom stereocenters. The number of aliphatic hydroxyl groups is 2. The molecule has 7 heteroatoms. The van der Waals surface area contributed by atoms with Crippen LogP contribution >= 0.6 is 0 Å². The molecule has 4 bridgehead atoms. The quantitative estimate of drug-likeness (QED) is 0.423. The van der Waals surface area contributed by atoms with Crippen LogP contribution in [0.4, 0.5) is 0 Å². The largest absolute Gasteiger partial charge is 0.456 e. The molecule has 0 radical (unpaired) electrons. The predicted octanol–water partition coefficient (Wildman–Crippen LogP) is 4.11. The van der Waals surface area contributed by atoms with Gasteiger partial charge in [-0.3, -0.25) is 0 Å². The van der Waals surface area contributed by atoms with Crippen molar-refractivity contribution in [2.75, 3.05) is 6.61 Å². The van der Waals surface area contributed by atoms with E-state index in [4.69, 9.17) is 18.9 Å². The van der Waals surface area contributed by atoms with Crippen molar-refractivity contribution in [3.8, 4) is 0 Å². The van der Waals surface area contributed by atoms with Gasteiger partial charge in [0.1, 0.15) is 18.3 Å². The Balaban J connectivity index is 1.49. The Morgan fingerprint density at radius 2 is 1.86 bits per heavy atom.